The van der Waals surface area contributed by atoms with Crippen molar-refractivity contribution in [1.29, 1.82) is 0 Å². The molecular weight excluding hydrogens is 250 g/mol. The topological polar surface area (TPSA) is 60.9 Å². The van der Waals surface area contributed by atoms with Crippen LogP contribution < -0.4 is 5.73 Å². The quantitative estimate of drug-likeness (QED) is 0.773. The zero-order valence-electron chi connectivity index (χ0n) is 11.2. The molecule has 4 nitrogen and oxygen atoms in total. The summed E-state index contributed by atoms with van der Waals surface area (Å²) in [5.41, 5.74) is 9.13. The van der Waals surface area contributed by atoms with Crippen molar-refractivity contribution in [3.63, 3.8) is 0 Å². The molecule has 0 saturated heterocycles. The number of hydrogen-bond acceptors (Lipinski definition) is 2. The summed E-state index contributed by atoms with van der Waals surface area (Å²) >= 11 is 0. The molecule has 3 aromatic rings. The van der Waals surface area contributed by atoms with Crippen LogP contribution in [0.2, 0.25) is 0 Å². The van der Waals surface area contributed by atoms with Crippen molar-refractivity contribution in [3.05, 3.63) is 54.1 Å². The molecule has 0 aliphatic rings. The molecule has 20 heavy (non-hydrogen) atoms. The maximum absolute atomic E-state index is 11.7. The van der Waals surface area contributed by atoms with Gasteiger partial charge in [-0.3, -0.25) is 0 Å². The van der Waals surface area contributed by atoms with E-state index in [0.29, 0.717) is 5.82 Å². The van der Waals surface area contributed by atoms with E-state index in [1.807, 2.05) is 48.5 Å². The third-order valence-electron chi connectivity index (χ3n) is 3.40. The minimum absolute atomic E-state index is 0.520. The highest BCUT2D eigenvalue weighted by atomic mass is 16.2. The average Bonchev–Trinajstić information content (AvgIpc) is 2.86. The summed E-state index contributed by atoms with van der Waals surface area (Å²) in [4.78, 5) is 16.3. The summed E-state index contributed by atoms with van der Waals surface area (Å²) in [5.74, 6) is 0.585. The molecular formula is C16H15N3O. The molecule has 0 spiro atoms. The Balaban J connectivity index is 2.23. The molecule has 0 atom stereocenters. The lowest BCUT2D eigenvalue weighted by Gasteiger charge is -2.05. The second kappa shape index (κ2) is 4.81. The second-order valence-electron chi connectivity index (χ2n) is 4.65. The van der Waals surface area contributed by atoms with Gasteiger partial charge in [0, 0.05) is 5.56 Å². The molecule has 2 aromatic carbocycles. The van der Waals surface area contributed by atoms with E-state index < -0.39 is 6.03 Å². The molecule has 1 heterocycles. The molecule has 0 radical (unpaired) electrons. The van der Waals surface area contributed by atoms with Gasteiger partial charge in [-0.15, -0.1) is 0 Å². The SMILES string of the molecule is CCc1ccc(-c2nc3ccccc3n2C(N)=O)cc1. The number of benzene rings is 2. The number of nitrogens with zero attached hydrogens (tertiary/aromatic N) is 2. The number of aryl methyl sites for hydroxylation is 1. The monoisotopic (exact) mass is 265 g/mol. The van der Waals surface area contributed by atoms with Gasteiger partial charge in [0.05, 0.1) is 11.0 Å². The first-order chi connectivity index (χ1) is 9.70. The molecule has 0 aliphatic heterocycles. The molecule has 3 rings (SSSR count). The van der Waals surface area contributed by atoms with Crippen molar-refractivity contribution >= 4 is 17.1 Å². The fourth-order valence-corrected chi connectivity index (χ4v) is 2.33. The Hall–Kier alpha value is -2.62. The third kappa shape index (κ3) is 1.95. The minimum atomic E-state index is -0.520. The Labute approximate surface area is 116 Å². The van der Waals surface area contributed by atoms with Gasteiger partial charge in [-0.25, -0.2) is 14.3 Å². The molecule has 0 bridgehead atoms. The number of hydrogen-bond donors (Lipinski definition) is 1. The molecule has 2 N–H and O–H groups in total. The van der Waals surface area contributed by atoms with E-state index in [9.17, 15) is 4.79 Å². The number of amides is 1. The number of primary amides is 1. The molecule has 1 aromatic heterocycles. The highest BCUT2D eigenvalue weighted by Crippen LogP contribution is 2.24. The first-order valence-corrected chi connectivity index (χ1v) is 6.57. The first-order valence-electron chi connectivity index (χ1n) is 6.57. The standard InChI is InChI=1S/C16H15N3O/c1-2-11-7-9-12(10-8-11)15-18-13-5-3-4-6-14(13)19(15)16(17)20/h3-10H,2H2,1H3,(H2,17,20). The third-order valence-corrected chi connectivity index (χ3v) is 3.40. The normalized spacial score (nSPS) is 10.8. The number of fused-ring (bicyclic) bond motifs is 1. The minimum Gasteiger partial charge on any atom is -0.351 e. The zero-order valence-corrected chi connectivity index (χ0v) is 11.2. The fraction of sp³-hybridized carbons (Fsp3) is 0.125. The Morgan fingerprint density at radius 2 is 1.85 bits per heavy atom. The van der Waals surface area contributed by atoms with Crippen molar-refractivity contribution < 1.29 is 4.79 Å². The lowest BCUT2D eigenvalue weighted by atomic mass is 10.1. The van der Waals surface area contributed by atoms with Gasteiger partial charge in [-0.1, -0.05) is 43.3 Å². The van der Waals surface area contributed by atoms with E-state index in [4.69, 9.17) is 5.73 Å². The average molecular weight is 265 g/mol. The molecule has 4 heteroatoms. The van der Waals surface area contributed by atoms with E-state index in [-0.39, 0.29) is 0 Å². The Morgan fingerprint density at radius 3 is 2.50 bits per heavy atom. The van der Waals surface area contributed by atoms with Gasteiger partial charge in [0.2, 0.25) is 0 Å². The van der Waals surface area contributed by atoms with Crippen LogP contribution >= 0.6 is 0 Å². The van der Waals surface area contributed by atoms with E-state index in [1.165, 1.54) is 10.1 Å². The predicted molar refractivity (Wildman–Crippen MR) is 79.5 cm³/mol. The highest BCUT2D eigenvalue weighted by Gasteiger charge is 2.15. The maximum Gasteiger partial charge on any atom is 0.325 e. The summed E-state index contributed by atoms with van der Waals surface area (Å²) in [6, 6.07) is 15.0. The molecule has 100 valence electrons. The van der Waals surface area contributed by atoms with Crippen molar-refractivity contribution in [1.82, 2.24) is 9.55 Å². The molecule has 0 unspecified atom stereocenters. The highest BCUT2D eigenvalue weighted by molar-refractivity contribution is 5.93. The Kier molecular flexibility index (Phi) is 2.99. The number of aromatic nitrogens is 2. The lowest BCUT2D eigenvalue weighted by Crippen LogP contribution is -2.20. The van der Waals surface area contributed by atoms with Crippen LogP contribution in [0.1, 0.15) is 12.5 Å². The van der Waals surface area contributed by atoms with Crippen molar-refractivity contribution in [2.24, 2.45) is 5.73 Å². The van der Waals surface area contributed by atoms with Crippen molar-refractivity contribution in [2.45, 2.75) is 13.3 Å². The smallest absolute Gasteiger partial charge is 0.325 e. The number of rotatable bonds is 2. The molecule has 0 saturated carbocycles. The van der Waals surface area contributed by atoms with Crippen LogP contribution in [-0.2, 0) is 6.42 Å². The van der Waals surface area contributed by atoms with Crippen molar-refractivity contribution in [2.75, 3.05) is 0 Å². The van der Waals surface area contributed by atoms with Crippen LogP contribution in [-0.4, -0.2) is 15.6 Å². The number of nitrogens with two attached hydrogens (primary N) is 1. The van der Waals surface area contributed by atoms with Gasteiger partial charge >= 0.3 is 6.03 Å². The number of carbonyl (C=O) groups is 1. The van der Waals surface area contributed by atoms with E-state index in [1.54, 1.807) is 0 Å². The van der Waals surface area contributed by atoms with E-state index >= 15 is 0 Å². The van der Waals surface area contributed by atoms with Gasteiger partial charge in [0.15, 0.2) is 0 Å². The second-order valence-corrected chi connectivity index (χ2v) is 4.65. The number of para-hydroxylation sites is 2. The number of imidazole rings is 1. The van der Waals surface area contributed by atoms with Crippen LogP contribution in [0.5, 0.6) is 0 Å². The largest absolute Gasteiger partial charge is 0.351 e. The van der Waals surface area contributed by atoms with Crippen LogP contribution in [0.3, 0.4) is 0 Å². The zero-order chi connectivity index (χ0) is 14.1. The van der Waals surface area contributed by atoms with Crippen LogP contribution in [0, 0.1) is 0 Å². The molecule has 0 fully saturated rings. The van der Waals surface area contributed by atoms with Gasteiger partial charge in [-0.05, 0) is 24.1 Å². The molecule has 0 aliphatic carbocycles. The fourth-order valence-electron chi connectivity index (χ4n) is 2.33. The molecule has 1 amide bonds. The van der Waals surface area contributed by atoms with E-state index in [2.05, 4.69) is 11.9 Å². The summed E-state index contributed by atoms with van der Waals surface area (Å²) in [7, 11) is 0. The van der Waals surface area contributed by atoms with Gasteiger partial charge < -0.3 is 5.73 Å². The van der Waals surface area contributed by atoms with Crippen LogP contribution in [0.4, 0.5) is 4.79 Å². The number of carbonyl (C=O) groups excluding carboxylic acids is 1. The first kappa shape index (κ1) is 12.4. The predicted octanol–water partition coefficient (Wildman–Crippen LogP) is 3.19. The van der Waals surface area contributed by atoms with Crippen LogP contribution in [0.15, 0.2) is 48.5 Å². The van der Waals surface area contributed by atoms with E-state index in [0.717, 1.165) is 23.0 Å². The maximum atomic E-state index is 11.7. The van der Waals surface area contributed by atoms with Gasteiger partial charge in [-0.2, -0.15) is 0 Å². The van der Waals surface area contributed by atoms with Crippen LogP contribution in [0.25, 0.3) is 22.4 Å². The summed E-state index contributed by atoms with van der Waals surface area (Å²) in [6.07, 6.45) is 0.979. The Bertz CT molecular complexity index is 772. The van der Waals surface area contributed by atoms with Gasteiger partial charge in [0.1, 0.15) is 5.82 Å². The van der Waals surface area contributed by atoms with Crippen molar-refractivity contribution in [3.8, 4) is 11.4 Å². The summed E-state index contributed by atoms with van der Waals surface area (Å²) in [5, 5.41) is 0. The lowest BCUT2D eigenvalue weighted by molar-refractivity contribution is 0.251. The Morgan fingerprint density at radius 1 is 1.15 bits per heavy atom. The summed E-state index contributed by atoms with van der Waals surface area (Å²) in [6.45, 7) is 2.10. The van der Waals surface area contributed by atoms with Gasteiger partial charge in [0.25, 0.3) is 0 Å². The summed E-state index contributed by atoms with van der Waals surface area (Å²) < 4.78 is 1.45.